The van der Waals surface area contributed by atoms with Crippen molar-refractivity contribution in [1.29, 1.82) is 0 Å². The molecule has 2 aromatic carbocycles. The van der Waals surface area contributed by atoms with Crippen LogP contribution >= 0.6 is 0 Å². The molecule has 4 rings (SSSR count). The van der Waals surface area contributed by atoms with Crippen LogP contribution in [0.25, 0.3) is 0 Å². The van der Waals surface area contributed by atoms with Crippen LogP contribution in [0, 0.1) is 0 Å². The largest absolute Gasteiger partial charge is 0.486 e. The molecule has 0 aliphatic carbocycles. The summed E-state index contributed by atoms with van der Waals surface area (Å²) < 4.78 is 11.9. The van der Waals surface area contributed by atoms with Crippen LogP contribution in [0.3, 0.4) is 0 Å². The van der Waals surface area contributed by atoms with Crippen molar-refractivity contribution < 1.29 is 14.3 Å². The Morgan fingerprint density at radius 1 is 1.00 bits per heavy atom. The third-order valence-corrected chi connectivity index (χ3v) is 5.59. The molecule has 1 fully saturated rings. The van der Waals surface area contributed by atoms with Gasteiger partial charge in [-0.1, -0.05) is 37.3 Å². The smallest absolute Gasteiger partial charge is 0.236 e. The first-order chi connectivity index (χ1) is 14.2. The number of carbonyl (C=O) groups is 1. The third kappa shape index (κ3) is 4.82. The van der Waals surface area contributed by atoms with Gasteiger partial charge < -0.3 is 19.3 Å². The van der Waals surface area contributed by atoms with Gasteiger partial charge in [0.2, 0.25) is 5.91 Å². The number of likely N-dealkylation sites (N-methyl/N-ethyl adjacent to an activating group) is 1. The number of hydrogen-bond donors (Lipinski definition) is 0. The van der Waals surface area contributed by atoms with Crippen molar-refractivity contribution in [3.63, 3.8) is 0 Å². The van der Waals surface area contributed by atoms with E-state index in [1.54, 1.807) is 0 Å². The van der Waals surface area contributed by atoms with Crippen LogP contribution in [-0.2, 0) is 4.79 Å². The molecule has 2 aromatic rings. The van der Waals surface area contributed by atoms with E-state index >= 15 is 0 Å². The van der Waals surface area contributed by atoms with Crippen molar-refractivity contribution >= 4 is 11.6 Å². The molecule has 1 unspecified atom stereocenters. The Morgan fingerprint density at radius 3 is 2.41 bits per heavy atom. The number of rotatable bonds is 6. The molecule has 29 heavy (non-hydrogen) atoms. The first-order valence-electron chi connectivity index (χ1n) is 10.4. The van der Waals surface area contributed by atoms with E-state index in [0.29, 0.717) is 19.7 Å². The van der Waals surface area contributed by atoms with E-state index < -0.39 is 0 Å². The highest BCUT2D eigenvalue weighted by Crippen LogP contribution is 2.31. The van der Waals surface area contributed by atoms with Gasteiger partial charge in [-0.3, -0.25) is 9.69 Å². The summed E-state index contributed by atoms with van der Waals surface area (Å²) in [5.41, 5.74) is 1.23. The second kappa shape index (κ2) is 9.18. The Hall–Kier alpha value is -2.73. The highest BCUT2D eigenvalue weighted by atomic mass is 16.6. The third-order valence-electron chi connectivity index (χ3n) is 5.59. The second-order valence-corrected chi connectivity index (χ2v) is 7.53. The van der Waals surface area contributed by atoms with Crippen LogP contribution in [-0.4, -0.2) is 74.2 Å². The maximum absolute atomic E-state index is 12.8. The summed E-state index contributed by atoms with van der Waals surface area (Å²) in [4.78, 5) is 19.3. The van der Waals surface area contributed by atoms with Crippen molar-refractivity contribution in [1.82, 2.24) is 9.80 Å². The highest BCUT2D eigenvalue weighted by molar-refractivity contribution is 5.78. The second-order valence-electron chi connectivity index (χ2n) is 7.53. The Balaban J connectivity index is 1.26. The van der Waals surface area contributed by atoms with Crippen molar-refractivity contribution in [2.24, 2.45) is 0 Å². The number of amides is 1. The average Bonchev–Trinajstić information content (AvgIpc) is 2.79. The minimum atomic E-state index is -0.0624. The van der Waals surface area contributed by atoms with E-state index in [-0.39, 0.29) is 12.0 Å². The molecular formula is C23H29N3O3. The van der Waals surface area contributed by atoms with Gasteiger partial charge in [-0.15, -0.1) is 0 Å². The first kappa shape index (κ1) is 19.6. The van der Waals surface area contributed by atoms with Gasteiger partial charge in [0.1, 0.15) is 12.7 Å². The van der Waals surface area contributed by atoms with Crippen molar-refractivity contribution in [3.8, 4) is 11.5 Å². The van der Waals surface area contributed by atoms with E-state index in [4.69, 9.17) is 9.47 Å². The zero-order chi connectivity index (χ0) is 20.1. The molecule has 2 heterocycles. The van der Waals surface area contributed by atoms with Crippen LogP contribution < -0.4 is 14.4 Å². The zero-order valence-electron chi connectivity index (χ0n) is 17.0. The van der Waals surface area contributed by atoms with Gasteiger partial charge in [0.25, 0.3) is 0 Å². The maximum atomic E-state index is 12.8. The van der Waals surface area contributed by atoms with E-state index in [1.165, 1.54) is 5.69 Å². The molecule has 2 aliphatic rings. The van der Waals surface area contributed by atoms with Gasteiger partial charge in [0.05, 0.1) is 6.54 Å². The molecule has 0 N–H and O–H groups in total. The monoisotopic (exact) mass is 395 g/mol. The van der Waals surface area contributed by atoms with Crippen LogP contribution in [0.4, 0.5) is 5.69 Å². The fraction of sp³-hybridized carbons (Fsp3) is 0.435. The first-order valence-corrected chi connectivity index (χ1v) is 10.4. The van der Waals surface area contributed by atoms with Gasteiger partial charge in [0, 0.05) is 38.4 Å². The normalized spacial score (nSPS) is 18.8. The van der Waals surface area contributed by atoms with E-state index in [0.717, 1.165) is 44.2 Å². The van der Waals surface area contributed by atoms with Crippen LogP contribution in [0.1, 0.15) is 6.92 Å². The summed E-state index contributed by atoms with van der Waals surface area (Å²) >= 11 is 0. The van der Waals surface area contributed by atoms with Crippen molar-refractivity contribution in [3.05, 3.63) is 54.6 Å². The van der Waals surface area contributed by atoms with Crippen molar-refractivity contribution in [2.75, 3.05) is 57.3 Å². The molecule has 0 radical (unpaired) electrons. The lowest BCUT2D eigenvalue weighted by Gasteiger charge is -2.37. The summed E-state index contributed by atoms with van der Waals surface area (Å²) in [5, 5.41) is 0. The molecule has 6 heteroatoms. The van der Waals surface area contributed by atoms with E-state index in [1.807, 2.05) is 35.2 Å². The number of anilines is 1. The minimum Gasteiger partial charge on any atom is -0.486 e. The molecule has 1 amide bonds. The van der Waals surface area contributed by atoms with Gasteiger partial charge in [-0.05, 0) is 30.8 Å². The topological polar surface area (TPSA) is 45.3 Å². The van der Waals surface area contributed by atoms with Crippen molar-refractivity contribution in [2.45, 2.75) is 13.0 Å². The molecule has 6 nitrogen and oxygen atoms in total. The molecule has 0 spiro atoms. The quantitative estimate of drug-likeness (QED) is 0.752. The summed E-state index contributed by atoms with van der Waals surface area (Å²) in [6, 6.07) is 18.1. The summed E-state index contributed by atoms with van der Waals surface area (Å²) in [7, 11) is 0. The molecular weight excluding hydrogens is 366 g/mol. The Kier molecular flexibility index (Phi) is 6.20. The van der Waals surface area contributed by atoms with Gasteiger partial charge in [-0.2, -0.15) is 0 Å². The number of carbonyl (C=O) groups excluding carboxylic acids is 1. The molecule has 1 atom stereocenters. The fourth-order valence-electron chi connectivity index (χ4n) is 3.89. The van der Waals surface area contributed by atoms with Crippen LogP contribution in [0.2, 0.25) is 0 Å². The van der Waals surface area contributed by atoms with E-state index in [2.05, 4.69) is 41.0 Å². The lowest BCUT2D eigenvalue weighted by molar-refractivity contribution is -0.133. The number of para-hydroxylation sites is 3. The predicted molar refractivity (Wildman–Crippen MR) is 114 cm³/mol. The maximum Gasteiger partial charge on any atom is 0.236 e. The Bertz CT molecular complexity index is 806. The summed E-state index contributed by atoms with van der Waals surface area (Å²) in [6.45, 7) is 7.77. The summed E-state index contributed by atoms with van der Waals surface area (Å²) in [6.07, 6.45) is -0.0624. The molecule has 2 aliphatic heterocycles. The lowest BCUT2D eigenvalue weighted by atomic mass is 10.2. The standard InChI is InChI=1S/C23H29N3O3/c1-2-24(16-20-18-28-21-10-6-7-11-22(21)29-20)17-23(27)26-14-12-25(13-15-26)19-8-4-3-5-9-19/h3-11,20H,2,12-18H2,1H3. The van der Waals surface area contributed by atoms with Crippen LogP contribution in [0.15, 0.2) is 54.6 Å². The lowest BCUT2D eigenvalue weighted by Crippen LogP contribution is -2.52. The zero-order valence-corrected chi connectivity index (χ0v) is 17.0. The summed E-state index contributed by atoms with van der Waals surface area (Å²) in [5.74, 6) is 1.76. The Morgan fingerprint density at radius 2 is 1.69 bits per heavy atom. The highest BCUT2D eigenvalue weighted by Gasteiger charge is 2.26. The molecule has 0 bridgehead atoms. The Labute approximate surface area is 172 Å². The number of nitrogens with zero attached hydrogens (tertiary/aromatic N) is 3. The average molecular weight is 396 g/mol. The molecule has 154 valence electrons. The fourth-order valence-corrected chi connectivity index (χ4v) is 3.89. The van der Waals surface area contributed by atoms with E-state index in [9.17, 15) is 4.79 Å². The van der Waals surface area contributed by atoms with Gasteiger partial charge in [0.15, 0.2) is 11.5 Å². The number of hydrogen-bond acceptors (Lipinski definition) is 5. The molecule has 1 saturated heterocycles. The number of ether oxygens (including phenoxy) is 2. The molecule has 0 saturated carbocycles. The van der Waals surface area contributed by atoms with Gasteiger partial charge in [-0.25, -0.2) is 0 Å². The van der Waals surface area contributed by atoms with Gasteiger partial charge >= 0.3 is 0 Å². The number of benzene rings is 2. The van der Waals surface area contributed by atoms with Crippen LogP contribution in [0.5, 0.6) is 11.5 Å². The molecule has 0 aromatic heterocycles. The number of fused-ring (bicyclic) bond motifs is 1. The minimum absolute atomic E-state index is 0.0624. The number of piperazine rings is 1. The predicted octanol–water partition coefficient (Wildman–Crippen LogP) is 2.50. The SMILES string of the molecule is CCN(CC(=O)N1CCN(c2ccccc2)CC1)CC1COc2ccccc2O1.